The van der Waals surface area contributed by atoms with E-state index in [1.807, 2.05) is 0 Å². The first-order valence-electron chi connectivity index (χ1n) is 1.65. The predicted octanol–water partition coefficient (Wildman–Crippen LogP) is -1.18. The van der Waals surface area contributed by atoms with Gasteiger partial charge < -0.3 is 25.3 Å². The summed E-state index contributed by atoms with van der Waals surface area (Å²) < 4.78 is 0. The Morgan fingerprint density at radius 3 is 1.25 bits per heavy atom. The van der Waals surface area contributed by atoms with E-state index in [2.05, 4.69) is 0 Å². The predicted molar refractivity (Wildman–Crippen MR) is 30.7 cm³/mol. The van der Waals surface area contributed by atoms with Crippen molar-refractivity contribution >= 4 is 16.8 Å². The van der Waals surface area contributed by atoms with Crippen molar-refractivity contribution in [2.24, 2.45) is 5.73 Å². The lowest BCUT2D eigenvalue weighted by Crippen LogP contribution is -2.14. The molecule has 0 aromatic heterocycles. The summed E-state index contributed by atoms with van der Waals surface area (Å²) >= 11 is 0. The normalized spacial score (nSPS) is 12.0. The molecule has 0 heterocycles. The molecular weight excluding hydrogens is 152 g/mol. The molecule has 0 aromatic rings. The molecule has 0 saturated heterocycles. The summed E-state index contributed by atoms with van der Waals surface area (Å²) in [7, 11) is -4.79. The van der Waals surface area contributed by atoms with Crippen LogP contribution in [0.4, 0.5) is 0 Å². The van der Waals surface area contributed by atoms with Gasteiger partial charge in [-0.05, 0) is 0 Å². The maximum atomic E-state index is 8.18. The van der Waals surface area contributed by atoms with E-state index >= 15 is 0 Å². The van der Waals surface area contributed by atoms with Crippen LogP contribution in [0.3, 0.4) is 0 Å². The minimum atomic E-state index is -2.39. The maximum absolute atomic E-state index is 8.18. The molecule has 8 heavy (non-hydrogen) atoms. The number of hydrogen-bond acceptors (Lipinski definition) is 5. The first-order chi connectivity index (χ1) is 3.55. The third kappa shape index (κ3) is 2.84. The molecule has 50 valence electrons. The van der Waals surface area contributed by atoms with Crippen LogP contribution < -0.4 is 5.73 Å². The first-order valence-corrected chi connectivity index (χ1v) is 4.28. The molecule has 0 spiro atoms. The average Bonchev–Trinajstić information content (AvgIpc) is 1.64. The fourth-order valence-electron chi connectivity index (χ4n) is 0.0924. The highest BCUT2D eigenvalue weighted by Gasteiger charge is 2.20. The third-order valence-corrected chi connectivity index (χ3v) is 2.66. The quantitative estimate of drug-likeness (QED) is 0.326. The summed E-state index contributed by atoms with van der Waals surface area (Å²) in [5, 5.41) is 0. The molecule has 0 atom stereocenters. The van der Waals surface area contributed by atoms with E-state index in [0.29, 0.717) is 0 Å². The Hall–Kier alpha value is 0.660. The van der Waals surface area contributed by atoms with Crippen LogP contribution in [0.2, 0.25) is 0 Å². The van der Waals surface area contributed by atoms with Crippen LogP contribution >= 0.6 is 16.8 Å². The van der Waals surface area contributed by atoms with E-state index in [-0.39, 0.29) is 0 Å². The van der Waals surface area contributed by atoms with Gasteiger partial charge in [-0.3, -0.25) is 0 Å². The zero-order valence-corrected chi connectivity index (χ0v) is 5.63. The van der Waals surface area contributed by atoms with Gasteiger partial charge in [0.05, 0.1) is 0 Å². The van der Waals surface area contributed by atoms with Crippen LogP contribution in [0.1, 0.15) is 0 Å². The van der Waals surface area contributed by atoms with Crippen molar-refractivity contribution < 1.29 is 19.6 Å². The highest BCUT2D eigenvalue weighted by atomic mass is 31.2. The minimum Gasteiger partial charge on any atom is -0.349 e. The van der Waals surface area contributed by atoms with E-state index in [0.717, 1.165) is 0 Å². The van der Waals surface area contributed by atoms with Gasteiger partial charge in [-0.15, -0.1) is 0 Å². The van der Waals surface area contributed by atoms with Crippen molar-refractivity contribution in [1.29, 1.82) is 0 Å². The molecular formula is CH7NO4P2. The van der Waals surface area contributed by atoms with E-state index < -0.39 is 22.3 Å². The second-order valence-electron chi connectivity index (χ2n) is 1.05. The van der Waals surface area contributed by atoms with Crippen molar-refractivity contribution in [3.8, 4) is 0 Å². The van der Waals surface area contributed by atoms with Crippen LogP contribution in [-0.2, 0) is 0 Å². The van der Waals surface area contributed by atoms with Gasteiger partial charge in [-0.1, -0.05) is 0 Å². The summed E-state index contributed by atoms with van der Waals surface area (Å²) in [5.74, 6) is 0. The zero-order chi connectivity index (χ0) is 6.73. The fraction of sp³-hybridized carbons (Fsp3) is 1.00. The number of rotatable bonds is 2. The lowest BCUT2D eigenvalue weighted by molar-refractivity contribution is 0.450. The molecule has 0 rings (SSSR count). The summed E-state index contributed by atoms with van der Waals surface area (Å²) in [6.45, 7) is 0. The van der Waals surface area contributed by atoms with Crippen molar-refractivity contribution in [3.63, 3.8) is 0 Å². The van der Waals surface area contributed by atoms with Crippen molar-refractivity contribution in [3.05, 3.63) is 0 Å². The number of nitrogens with two attached hydrogens (primary N) is 1. The third-order valence-electron chi connectivity index (χ3n) is 0.473. The standard InChI is InChI=1S/CH7NO4P2/c2-1(7(3)4)8(5)6/h1,3-6H,2H2. The molecule has 0 unspecified atom stereocenters. The van der Waals surface area contributed by atoms with Gasteiger partial charge in [0.15, 0.2) is 16.8 Å². The van der Waals surface area contributed by atoms with Crippen LogP contribution in [0.5, 0.6) is 0 Å². The molecule has 6 N–H and O–H groups in total. The van der Waals surface area contributed by atoms with Gasteiger partial charge in [0.25, 0.3) is 0 Å². The Morgan fingerprint density at radius 2 is 1.25 bits per heavy atom. The molecule has 0 saturated carbocycles. The Labute approximate surface area is 48.6 Å². The van der Waals surface area contributed by atoms with Gasteiger partial charge in [-0.2, -0.15) is 0 Å². The van der Waals surface area contributed by atoms with Crippen molar-refractivity contribution in [2.75, 3.05) is 0 Å². The van der Waals surface area contributed by atoms with Crippen LogP contribution in [0, 0.1) is 0 Å². The number of hydrogen-bond donors (Lipinski definition) is 5. The fourth-order valence-corrected chi connectivity index (χ4v) is 0.831. The average molecular weight is 159 g/mol. The molecule has 0 aliphatic heterocycles. The lowest BCUT2D eigenvalue weighted by atomic mass is 11.5. The summed E-state index contributed by atoms with van der Waals surface area (Å²) in [6, 6.07) is 0. The van der Waals surface area contributed by atoms with Gasteiger partial charge in [0, 0.05) is 0 Å². The highest BCUT2D eigenvalue weighted by Crippen LogP contribution is 2.44. The Kier molecular flexibility index (Phi) is 3.94. The SMILES string of the molecule is NC(P(O)O)P(O)O. The van der Waals surface area contributed by atoms with Gasteiger partial charge >= 0.3 is 0 Å². The van der Waals surface area contributed by atoms with Crippen LogP contribution in [0.15, 0.2) is 0 Å². The molecule has 0 bridgehead atoms. The Bertz CT molecular complexity index is 59.1. The largest absolute Gasteiger partial charge is 0.349 e. The summed E-state index contributed by atoms with van der Waals surface area (Å²) in [6.07, 6.45) is 0. The molecule has 0 radical (unpaired) electrons. The molecule has 0 aliphatic rings. The van der Waals surface area contributed by atoms with Crippen molar-refractivity contribution in [2.45, 2.75) is 5.52 Å². The van der Waals surface area contributed by atoms with E-state index in [4.69, 9.17) is 25.3 Å². The molecule has 0 aliphatic carbocycles. The summed E-state index contributed by atoms with van der Waals surface area (Å²) in [4.78, 5) is 32.7. The minimum absolute atomic E-state index is 1.28. The summed E-state index contributed by atoms with van der Waals surface area (Å²) in [5.41, 5.74) is 3.54. The zero-order valence-electron chi connectivity index (χ0n) is 3.84. The second kappa shape index (κ2) is 3.64. The lowest BCUT2D eigenvalue weighted by Gasteiger charge is -2.11. The topological polar surface area (TPSA) is 107 Å². The first kappa shape index (κ1) is 8.66. The molecule has 0 fully saturated rings. The van der Waals surface area contributed by atoms with Gasteiger partial charge in [-0.25, -0.2) is 0 Å². The van der Waals surface area contributed by atoms with E-state index in [1.54, 1.807) is 0 Å². The molecule has 5 nitrogen and oxygen atoms in total. The van der Waals surface area contributed by atoms with Crippen molar-refractivity contribution in [1.82, 2.24) is 0 Å². The van der Waals surface area contributed by atoms with E-state index in [1.165, 1.54) is 0 Å². The van der Waals surface area contributed by atoms with Crippen LogP contribution in [-0.4, -0.2) is 25.1 Å². The smallest absolute Gasteiger partial charge is 0.192 e. The van der Waals surface area contributed by atoms with Gasteiger partial charge in [0.2, 0.25) is 0 Å². The molecule has 7 heteroatoms. The van der Waals surface area contributed by atoms with E-state index in [9.17, 15) is 0 Å². The van der Waals surface area contributed by atoms with Gasteiger partial charge in [0.1, 0.15) is 5.52 Å². The monoisotopic (exact) mass is 159 g/mol. The Morgan fingerprint density at radius 1 is 1.00 bits per heavy atom. The molecule has 0 amide bonds. The van der Waals surface area contributed by atoms with Crippen LogP contribution in [0.25, 0.3) is 0 Å². The second-order valence-corrected chi connectivity index (χ2v) is 3.86. The Balaban J connectivity index is 3.46. The highest BCUT2D eigenvalue weighted by molar-refractivity contribution is 7.64. The molecule has 0 aromatic carbocycles. The maximum Gasteiger partial charge on any atom is 0.192 e.